The second kappa shape index (κ2) is 4.64. The van der Waals surface area contributed by atoms with Crippen LogP contribution in [0.25, 0.3) is 0 Å². The molecule has 1 rings (SSSR count). The van der Waals surface area contributed by atoms with E-state index in [2.05, 4.69) is 4.18 Å². The van der Waals surface area contributed by atoms with Crippen LogP contribution >= 0.6 is 0 Å². The Bertz CT molecular complexity index is 501. The lowest BCUT2D eigenvalue weighted by molar-refractivity contribution is -0.180. The van der Waals surface area contributed by atoms with Gasteiger partial charge in [0, 0.05) is 0 Å². The molecule has 0 aliphatic heterocycles. The summed E-state index contributed by atoms with van der Waals surface area (Å²) in [5.74, 6) is -1.74. The van der Waals surface area contributed by atoms with Crippen molar-refractivity contribution in [2.75, 3.05) is 24.4 Å². The Morgan fingerprint density at radius 1 is 1.17 bits per heavy atom. The van der Waals surface area contributed by atoms with Gasteiger partial charge in [0.25, 0.3) is 10.1 Å². The van der Waals surface area contributed by atoms with Crippen molar-refractivity contribution in [2.45, 2.75) is 19.0 Å². The number of sulfone groups is 1. The Hall–Kier alpha value is -0.350. The van der Waals surface area contributed by atoms with Gasteiger partial charge in [0.2, 0.25) is 0 Å². The summed E-state index contributed by atoms with van der Waals surface area (Å²) in [4.78, 5) is 0. The third kappa shape index (κ3) is 4.39. The number of rotatable bonds is 6. The van der Waals surface area contributed by atoms with Crippen LogP contribution in [0.15, 0.2) is 0 Å². The van der Waals surface area contributed by atoms with Crippen molar-refractivity contribution in [3.8, 4) is 0 Å². The standard InChI is InChI=1S/C8H13F3O5S2/c1-17(12,13)16-4-5-18(14,15)6-7(2-3-7)8(9,10)11/h2-6H2,1H3. The lowest BCUT2D eigenvalue weighted by Crippen LogP contribution is -2.33. The van der Waals surface area contributed by atoms with Crippen LogP contribution < -0.4 is 0 Å². The highest BCUT2D eigenvalue weighted by molar-refractivity contribution is 7.91. The first kappa shape index (κ1) is 15.7. The molecule has 0 aromatic rings. The van der Waals surface area contributed by atoms with E-state index in [1.54, 1.807) is 0 Å². The number of halogens is 3. The maximum absolute atomic E-state index is 12.5. The summed E-state index contributed by atoms with van der Waals surface area (Å²) >= 11 is 0. The van der Waals surface area contributed by atoms with Crippen LogP contribution in [0.2, 0.25) is 0 Å². The molecule has 0 unspecified atom stereocenters. The molecule has 1 aliphatic rings. The lowest BCUT2D eigenvalue weighted by Gasteiger charge is -2.18. The molecule has 1 fully saturated rings. The maximum atomic E-state index is 12.5. The Morgan fingerprint density at radius 2 is 1.67 bits per heavy atom. The Labute approximate surface area is 103 Å². The van der Waals surface area contributed by atoms with Crippen molar-refractivity contribution in [3.63, 3.8) is 0 Å². The van der Waals surface area contributed by atoms with Gasteiger partial charge >= 0.3 is 6.18 Å². The fraction of sp³-hybridized carbons (Fsp3) is 1.00. The molecule has 10 heteroatoms. The predicted molar refractivity (Wildman–Crippen MR) is 57.2 cm³/mol. The zero-order chi connectivity index (χ0) is 14.2. The lowest BCUT2D eigenvalue weighted by atomic mass is 10.1. The van der Waals surface area contributed by atoms with Gasteiger partial charge in [0.1, 0.15) is 0 Å². The molecular weight excluding hydrogens is 297 g/mol. The summed E-state index contributed by atoms with van der Waals surface area (Å²) in [5.41, 5.74) is -2.14. The number of alkyl halides is 3. The topological polar surface area (TPSA) is 77.5 Å². The highest BCUT2D eigenvalue weighted by atomic mass is 32.2. The minimum Gasteiger partial charge on any atom is -0.269 e. The highest BCUT2D eigenvalue weighted by Crippen LogP contribution is 2.58. The van der Waals surface area contributed by atoms with Crippen LogP contribution in [0.3, 0.4) is 0 Å². The summed E-state index contributed by atoms with van der Waals surface area (Å²) in [6, 6.07) is 0. The van der Waals surface area contributed by atoms with Crippen LogP contribution in [0.4, 0.5) is 13.2 Å². The van der Waals surface area contributed by atoms with Crippen LogP contribution in [0.1, 0.15) is 12.8 Å². The summed E-state index contributed by atoms with van der Waals surface area (Å²) in [6.45, 7) is -0.658. The van der Waals surface area contributed by atoms with Crippen molar-refractivity contribution in [1.29, 1.82) is 0 Å². The molecular formula is C8H13F3O5S2. The van der Waals surface area contributed by atoms with Crippen molar-refractivity contribution in [1.82, 2.24) is 0 Å². The van der Waals surface area contributed by atoms with Gasteiger partial charge in [0.15, 0.2) is 9.84 Å². The van der Waals surface area contributed by atoms with E-state index in [0.717, 1.165) is 6.26 Å². The molecule has 18 heavy (non-hydrogen) atoms. The van der Waals surface area contributed by atoms with Gasteiger partial charge < -0.3 is 0 Å². The van der Waals surface area contributed by atoms with Crippen molar-refractivity contribution in [3.05, 3.63) is 0 Å². The molecule has 0 amide bonds. The fourth-order valence-corrected chi connectivity index (χ4v) is 3.73. The zero-order valence-corrected chi connectivity index (χ0v) is 11.2. The average Bonchev–Trinajstić information content (AvgIpc) is 2.79. The van der Waals surface area contributed by atoms with Crippen LogP contribution in [0, 0.1) is 5.41 Å². The smallest absolute Gasteiger partial charge is 0.269 e. The third-order valence-electron chi connectivity index (χ3n) is 2.64. The molecule has 1 saturated carbocycles. The molecule has 0 heterocycles. The monoisotopic (exact) mass is 310 g/mol. The van der Waals surface area contributed by atoms with Gasteiger partial charge in [0.05, 0.1) is 29.8 Å². The molecule has 1 aliphatic carbocycles. The largest absolute Gasteiger partial charge is 0.395 e. The van der Waals surface area contributed by atoms with Gasteiger partial charge in [-0.15, -0.1) is 0 Å². The average molecular weight is 310 g/mol. The SMILES string of the molecule is CS(=O)(=O)OCCS(=O)(=O)CC1(C(F)(F)F)CC1. The third-order valence-corrected chi connectivity index (χ3v) is 5.02. The minimum atomic E-state index is -4.54. The second-order valence-corrected chi connectivity index (χ2v) is 8.22. The van der Waals surface area contributed by atoms with Gasteiger partial charge in [-0.05, 0) is 12.8 Å². The summed E-state index contributed by atoms with van der Waals surface area (Å²) < 4.78 is 85.9. The van der Waals surface area contributed by atoms with Crippen molar-refractivity contribution in [2.24, 2.45) is 5.41 Å². The van der Waals surface area contributed by atoms with Gasteiger partial charge in [-0.2, -0.15) is 21.6 Å². The Kier molecular flexibility index (Phi) is 4.05. The first-order valence-corrected chi connectivity index (χ1v) is 8.62. The fourth-order valence-electron chi connectivity index (χ4n) is 1.47. The second-order valence-electron chi connectivity index (χ2n) is 4.40. The van der Waals surface area contributed by atoms with E-state index in [1.165, 1.54) is 0 Å². The number of hydrogen-bond acceptors (Lipinski definition) is 5. The van der Waals surface area contributed by atoms with E-state index < -0.39 is 49.7 Å². The van der Waals surface area contributed by atoms with Gasteiger partial charge in [-0.3, -0.25) is 4.18 Å². The van der Waals surface area contributed by atoms with E-state index in [1.807, 2.05) is 0 Å². The molecule has 0 N–H and O–H groups in total. The van der Waals surface area contributed by atoms with E-state index in [0.29, 0.717) is 0 Å². The Balaban J connectivity index is 2.57. The van der Waals surface area contributed by atoms with Crippen molar-refractivity contribution >= 4 is 20.0 Å². The molecule has 0 saturated heterocycles. The molecule has 0 aromatic heterocycles. The Morgan fingerprint density at radius 3 is 2.00 bits per heavy atom. The minimum absolute atomic E-state index is 0.206. The molecule has 0 aromatic carbocycles. The summed E-state index contributed by atoms with van der Waals surface area (Å²) in [5, 5.41) is 0. The van der Waals surface area contributed by atoms with Crippen molar-refractivity contribution < 1.29 is 34.2 Å². The normalized spacial score (nSPS) is 19.8. The molecule has 0 spiro atoms. The quantitative estimate of drug-likeness (QED) is 0.676. The zero-order valence-electron chi connectivity index (χ0n) is 9.53. The van der Waals surface area contributed by atoms with E-state index >= 15 is 0 Å². The first-order valence-electron chi connectivity index (χ1n) is 4.99. The molecule has 0 bridgehead atoms. The number of hydrogen-bond donors (Lipinski definition) is 0. The molecule has 0 radical (unpaired) electrons. The van der Waals surface area contributed by atoms with Gasteiger partial charge in [-0.1, -0.05) is 0 Å². The molecule has 0 atom stereocenters. The maximum Gasteiger partial charge on any atom is 0.395 e. The van der Waals surface area contributed by atoms with Crippen LogP contribution in [0.5, 0.6) is 0 Å². The summed E-state index contributed by atoms with van der Waals surface area (Å²) in [6.07, 6.45) is -4.22. The highest BCUT2D eigenvalue weighted by Gasteiger charge is 2.64. The van der Waals surface area contributed by atoms with Crippen LogP contribution in [-0.4, -0.2) is 47.4 Å². The van der Waals surface area contributed by atoms with Crippen LogP contribution in [-0.2, 0) is 24.1 Å². The molecule has 5 nitrogen and oxygen atoms in total. The molecule has 108 valence electrons. The van der Waals surface area contributed by atoms with Gasteiger partial charge in [-0.25, -0.2) is 8.42 Å². The van der Waals surface area contributed by atoms with E-state index in [9.17, 15) is 30.0 Å². The van der Waals surface area contributed by atoms with E-state index in [-0.39, 0.29) is 12.8 Å². The predicted octanol–water partition coefficient (Wildman–Crippen LogP) is 0.720. The van der Waals surface area contributed by atoms with E-state index in [4.69, 9.17) is 0 Å². The first-order chi connectivity index (χ1) is 7.87. The summed E-state index contributed by atoms with van der Waals surface area (Å²) in [7, 11) is -7.78.